The molecule has 0 radical (unpaired) electrons. The smallest absolute Gasteiger partial charge is 0.0618 e. The van der Waals surface area contributed by atoms with Gasteiger partial charge < -0.3 is 14.7 Å². The number of hydrogen-bond donors (Lipinski definition) is 0. The molecule has 1 heterocycles. The summed E-state index contributed by atoms with van der Waals surface area (Å²) in [6, 6.07) is 114. The summed E-state index contributed by atoms with van der Waals surface area (Å²) in [5.41, 5.74) is 16.9. The first-order chi connectivity index (χ1) is 40.2. The van der Waals surface area contributed by atoms with Crippen LogP contribution in [-0.4, -0.2) is 0 Å². The zero-order valence-corrected chi connectivity index (χ0v) is 44.3. The van der Waals surface area contributed by atoms with Crippen molar-refractivity contribution >= 4 is 116 Å². The van der Waals surface area contributed by atoms with Gasteiger partial charge in [-0.05, 0) is 120 Å². The summed E-state index contributed by atoms with van der Waals surface area (Å²) in [7, 11) is 0. The first-order valence-corrected chi connectivity index (χ1v) is 27.9. The first-order valence-electron chi connectivity index (χ1n) is 27.9. The predicted molar refractivity (Wildman–Crippen MR) is 345 cm³/mol. The Kier molecular flexibility index (Phi) is 10.9. The van der Waals surface area contributed by atoms with Gasteiger partial charge in [0.05, 0.1) is 17.1 Å². The topological polar surface area (TPSA) is 9.72 Å². The van der Waals surface area contributed by atoms with E-state index in [1.807, 2.05) is 0 Å². The molecule has 0 aliphatic carbocycles. The van der Waals surface area contributed by atoms with Gasteiger partial charge in [0.25, 0.3) is 0 Å². The number of anilines is 9. The van der Waals surface area contributed by atoms with Gasteiger partial charge in [0, 0.05) is 66.4 Å². The van der Waals surface area contributed by atoms with E-state index in [0.29, 0.717) is 0 Å². The van der Waals surface area contributed by atoms with E-state index in [0.717, 1.165) is 51.2 Å². The van der Waals surface area contributed by atoms with Gasteiger partial charge in [0.15, 0.2) is 0 Å². The largest absolute Gasteiger partial charge is 0.309 e. The quantitative estimate of drug-likeness (QED) is 0.154. The summed E-state index contributed by atoms with van der Waals surface area (Å²) in [6.07, 6.45) is 0. The molecule has 0 spiro atoms. The third kappa shape index (κ3) is 7.44. The minimum Gasteiger partial charge on any atom is -0.309 e. The van der Waals surface area contributed by atoms with Crippen molar-refractivity contribution in [1.29, 1.82) is 0 Å². The normalized spacial score (nSPS) is 12.4. The number of hydrogen-bond acceptors (Lipinski definition) is 3. The monoisotopic (exact) mass is 1030 g/mol. The molecule has 1 aliphatic rings. The maximum atomic E-state index is 2.53. The SMILES string of the molecule is c1ccc(-c2c3ccccc3c(N3c4cccc(c4)N(c4c5ccccc5c(-c5ccccc5)c5ccccc45)c4cccc(c4)N(c4c5ccccc5c(-c5ccccc5)c5ccccc45)c4cccc3c4)c3ccccc23)cc1. The Morgan fingerprint density at radius 2 is 0.321 bits per heavy atom. The molecule has 0 saturated heterocycles. The number of fused-ring (bicyclic) bond motifs is 12. The first kappa shape index (κ1) is 46.4. The van der Waals surface area contributed by atoms with Crippen LogP contribution in [0.25, 0.3) is 98.0 Å². The maximum Gasteiger partial charge on any atom is 0.0618 e. The highest BCUT2D eigenvalue weighted by molar-refractivity contribution is 6.26. The third-order valence-corrected chi connectivity index (χ3v) is 16.6. The summed E-state index contributed by atoms with van der Waals surface area (Å²) < 4.78 is 0. The molecular weight excluding hydrogens is 979 g/mol. The van der Waals surface area contributed by atoms with Gasteiger partial charge in [0.1, 0.15) is 0 Å². The minimum atomic E-state index is 1.04. The molecule has 0 unspecified atom stereocenters. The molecule has 378 valence electrons. The summed E-state index contributed by atoms with van der Waals surface area (Å²) in [5, 5.41) is 14.2. The zero-order valence-electron chi connectivity index (χ0n) is 44.3. The lowest BCUT2D eigenvalue weighted by Crippen LogP contribution is -2.17. The summed E-state index contributed by atoms with van der Waals surface area (Å²) in [5.74, 6) is 0. The van der Waals surface area contributed by atoms with Gasteiger partial charge in [0.2, 0.25) is 0 Å². The van der Waals surface area contributed by atoms with E-state index < -0.39 is 0 Å². The molecule has 16 rings (SSSR count). The fourth-order valence-electron chi connectivity index (χ4n) is 13.3. The van der Waals surface area contributed by atoms with Crippen LogP contribution in [0.1, 0.15) is 0 Å². The molecule has 0 N–H and O–H groups in total. The van der Waals surface area contributed by atoms with E-state index in [4.69, 9.17) is 0 Å². The molecule has 3 nitrogen and oxygen atoms in total. The highest BCUT2D eigenvalue weighted by Gasteiger charge is 2.29. The maximum absolute atomic E-state index is 2.53. The predicted octanol–water partition coefficient (Wildman–Crippen LogP) is 22.3. The third-order valence-electron chi connectivity index (χ3n) is 16.6. The second kappa shape index (κ2) is 19.0. The summed E-state index contributed by atoms with van der Waals surface area (Å²) in [4.78, 5) is 7.59. The fourth-order valence-corrected chi connectivity index (χ4v) is 13.3. The van der Waals surface area contributed by atoms with Gasteiger partial charge in [-0.1, -0.05) is 255 Å². The van der Waals surface area contributed by atoms with Crippen LogP contribution in [0.15, 0.2) is 309 Å². The van der Waals surface area contributed by atoms with Crippen molar-refractivity contribution in [3.8, 4) is 33.4 Å². The van der Waals surface area contributed by atoms with Gasteiger partial charge in [-0.3, -0.25) is 0 Å². The van der Waals surface area contributed by atoms with Crippen molar-refractivity contribution < 1.29 is 0 Å². The Hall–Kier alpha value is -10.7. The Bertz CT molecular complexity index is 4230. The van der Waals surface area contributed by atoms with Crippen LogP contribution in [-0.2, 0) is 0 Å². The van der Waals surface area contributed by atoms with Crippen LogP contribution < -0.4 is 14.7 Å². The number of nitrogens with zero attached hydrogens (tertiary/aromatic N) is 3. The summed E-state index contributed by atoms with van der Waals surface area (Å²) in [6.45, 7) is 0. The molecule has 0 atom stereocenters. The van der Waals surface area contributed by atoms with E-state index >= 15 is 0 Å². The molecule has 6 bridgehead atoms. The lowest BCUT2D eigenvalue weighted by molar-refractivity contribution is 1.24. The molecule has 0 fully saturated rings. The average molecular weight is 1030 g/mol. The average Bonchev–Trinajstić information content (AvgIpc) is 3.72. The highest BCUT2D eigenvalue weighted by Crippen LogP contribution is 2.55. The van der Waals surface area contributed by atoms with Gasteiger partial charge in [-0.2, -0.15) is 0 Å². The van der Waals surface area contributed by atoms with E-state index in [2.05, 4.69) is 324 Å². The molecule has 0 aromatic heterocycles. The van der Waals surface area contributed by atoms with Crippen molar-refractivity contribution in [2.45, 2.75) is 0 Å². The highest BCUT2D eigenvalue weighted by atomic mass is 15.2. The molecular formula is C78H51N3. The van der Waals surface area contributed by atoms with Crippen LogP contribution in [0.3, 0.4) is 0 Å². The van der Waals surface area contributed by atoms with Crippen molar-refractivity contribution in [3.63, 3.8) is 0 Å². The van der Waals surface area contributed by atoms with Crippen LogP contribution in [0.2, 0.25) is 0 Å². The van der Waals surface area contributed by atoms with Crippen LogP contribution >= 0.6 is 0 Å². The molecule has 81 heavy (non-hydrogen) atoms. The Balaban J connectivity index is 1.06. The van der Waals surface area contributed by atoms with E-state index in [9.17, 15) is 0 Å². The van der Waals surface area contributed by atoms with Crippen molar-refractivity contribution in [2.75, 3.05) is 14.7 Å². The number of rotatable bonds is 6. The summed E-state index contributed by atoms with van der Waals surface area (Å²) >= 11 is 0. The van der Waals surface area contributed by atoms with Crippen LogP contribution in [0.5, 0.6) is 0 Å². The molecule has 15 aromatic rings. The van der Waals surface area contributed by atoms with Crippen LogP contribution in [0, 0.1) is 0 Å². The Labute approximate surface area is 470 Å². The molecule has 3 heteroatoms. The number of benzene rings is 15. The molecule has 1 aliphatic heterocycles. The van der Waals surface area contributed by atoms with Crippen molar-refractivity contribution in [3.05, 3.63) is 309 Å². The van der Waals surface area contributed by atoms with Gasteiger partial charge in [-0.25, -0.2) is 0 Å². The van der Waals surface area contributed by atoms with Gasteiger partial charge >= 0.3 is 0 Å². The second-order valence-electron chi connectivity index (χ2n) is 21.1. The lowest BCUT2D eigenvalue weighted by Gasteiger charge is -2.35. The Morgan fingerprint density at radius 1 is 0.148 bits per heavy atom. The van der Waals surface area contributed by atoms with E-state index in [1.165, 1.54) is 98.0 Å². The minimum absolute atomic E-state index is 1.04. The second-order valence-corrected chi connectivity index (χ2v) is 21.1. The zero-order chi connectivity index (χ0) is 53.4. The van der Waals surface area contributed by atoms with E-state index in [1.54, 1.807) is 0 Å². The van der Waals surface area contributed by atoms with Gasteiger partial charge in [-0.15, -0.1) is 0 Å². The van der Waals surface area contributed by atoms with Crippen LogP contribution in [0.4, 0.5) is 51.2 Å². The standard InChI is InChI=1S/C78H51N3/c1-4-25-52(26-5-1)73-61-37-10-16-43-67(61)76(68-44-17-11-38-62(68)73)79-55-31-22-33-57(49-55)80(77-69-45-18-12-39-63(69)74(53-27-6-2-7-28-53)64-40-13-19-46-70(64)77)59-35-24-36-60(51-59)81(58-34-23-32-56(79)50-58)78-71-47-20-14-41-65(71)75(54-29-8-3-9-30-54)66-42-15-21-48-72(66)78/h1-51H. The fraction of sp³-hybridized carbons (Fsp3) is 0. The molecule has 0 amide bonds. The molecule has 0 saturated carbocycles. The molecule has 15 aromatic carbocycles. The van der Waals surface area contributed by atoms with Crippen molar-refractivity contribution in [1.82, 2.24) is 0 Å². The van der Waals surface area contributed by atoms with Crippen molar-refractivity contribution in [2.24, 2.45) is 0 Å². The Morgan fingerprint density at radius 3 is 0.519 bits per heavy atom. The lowest BCUT2D eigenvalue weighted by atomic mass is 9.89. The van der Waals surface area contributed by atoms with E-state index in [-0.39, 0.29) is 0 Å².